The number of carbonyl (C=O) groups excluding carboxylic acids is 3. The van der Waals surface area contributed by atoms with Gasteiger partial charge < -0.3 is 16.0 Å². The van der Waals surface area contributed by atoms with Crippen LogP contribution in [0.5, 0.6) is 0 Å². The van der Waals surface area contributed by atoms with E-state index in [9.17, 15) is 23.2 Å². The van der Waals surface area contributed by atoms with E-state index in [1.807, 2.05) is 6.07 Å². The number of amides is 3. The van der Waals surface area contributed by atoms with Gasteiger partial charge in [0.15, 0.2) is 5.15 Å². The Hall–Kier alpha value is -4.88. The highest BCUT2D eigenvalue weighted by atomic mass is 35.5. The molecule has 0 radical (unpaired) electrons. The number of nitrogen functional groups attached to an aromatic ring is 1. The average molecular weight is 641 g/mol. The van der Waals surface area contributed by atoms with Crippen LogP contribution in [0.25, 0.3) is 5.69 Å². The molecule has 5 rings (SSSR count). The monoisotopic (exact) mass is 640 g/mol. The molecule has 1 atom stereocenters. The molecular formula is C29H24Cl2F2N8O3. The number of aliphatic imine (C=N–C) groups is 1. The highest BCUT2D eigenvalue weighted by Crippen LogP contribution is 2.30. The maximum Gasteiger partial charge on any atom is 0.331 e. The number of rotatable bonds is 9. The second-order valence-corrected chi connectivity index (χ2v) is 10.5. The third kappa shape index (κ3) is 7.01. The molecule has 0 aliphatic carbocycles. The topological polar surface area (TPSA) is 139 Å². The van der Waals surface area contributed by atoms with Crippen LogP contribution in [0.2, 0.25) is 10.2 Å². The van der Waals surface area contributed by atoms with Crippen molar-refractivity contribution in [2.45, 2.75) is 19.0 Å². The first kappa shape index (κ1) is 30.6. The molecule has 1 aliphatic heterocycles. The standard InChI is InChI=1S/C29H24Cl2F2N8O3/c30-19-6-9-22(41-14-25(31)37-38-41)23(12-19)39-15-27(43)40(16-26(39)42)24(10-17-4-2-1-3-5-17)28(44)36-20-7-8-21(34)18(11-20)13-35-29(32)33/h1-9,11-14,24,29H,10,15-16,34H2,(H,36,44). The first-order chi connectivity index (χ1) is 21.1. The Bertz CT molecular complexity index is 1730. The van der Waals surface area contributed by atoms with E-state index in [1.54, 1.807) is 36.4 Å². The number of anilines is 3. The number of nitrogens with one attached hydrogen (secondary N) is 1. The van der Waals surface area contributed by atoms with Crippen LogP contribution >= 0.6 is 23.2 Å². The van der Waals surface area contributed by atoms with E-state index in [0.29, 0.717) is 16.4 Å². The summed E-state index contributed by atoms with van der Waals surface area (Å²) < 4.78 is 26.6. The molecule has 226 valence electrons. The van der Waals surface area contributed by atoms with Gasteiger partial charge in [-0.15, -0.1) is 5.10 Å². The van der Waals surface area contributed by atoms with Crippen molar-refractivity contribution in [3.63, 3.8) is 0 Å². The summed E-state index contributed by atoms with van der Waals surface area (Å²) in [7, 11) is 0. The minimum absolute atomic E-state index is 0.0975. The molecule has 15 heteroatoms. The summed E-state index contributed by atoms with van der Waals surface area (Å²) in [5.74, 6) is -1.56. The van der Waals surface area contributed by atoms with Crippen molar-refractivity contribution in [1.29, 1.82) is 0 Å². The van der Waals surface area contributed by atoms with Crippen LogP contribution in [-0.2, 0) is 20.8 Å². The van der Waals surface area contributed by atoms with E-state index >= 15 is 0 Å². The van der Waals surface area contributed by atoms with Gasteiger partial charge in [0.05, 0.1) is 17.6 Å². The van der Waals surface area contributed by atoms with Gasteiger partial charge >= 0.3 is 6.55 Å². The second kappa shape index (κ2) is 13.2. The lowest BCUT2D eigenvalue weighted by molar-refractivity contribution is -0.143. The van der Waals surface area contributed by atoms with Gasteiger partial charge in [0, 0.05) is 34.6 Å². The molecule has 1 fully saturated rings. The zero-order valence-corrected chi connectivity index (χ0v) is 24.3. The molecule has 1 aromatic heterocycles. The lowest BCUT2D eigenvalue weighted by Gasteiger charge is -2.38. The van der Waals surface area contributed by atoms with Crippen LogP contribution in [0.1, 0.15) is 11.1 Å². The Morgan fingerprint density at radius 1 is 1.02 bits per heavy atom. The van der Waals surface area contributed by atoms with Gasteiger partial charge in [-0.1, -0.05) is 58.7 Å². The van der Waals surface area contributed by atoms with Crippen LogP contribution in [0.15, 0.2) is 77.9 Å². The van der Waals surface area contributed by atoms with Crippen LogP contribution in [0.4, 0.5) is 25.8 Å². The number of alkyl halides is 2. The van der Waals surface area contributed by atoms with Crippen molar-refractivity contribution in [2.75, 3.05) is 29.0 Å². The molecule has 1 unspecified atom stereocenters. The first-order valence-electron chi connectivity index (χ1n) is 13.1. The molecule has 0 saturated carbocycles. The highest BCUT2D eigenvalue weighted by molar-refractivity contribution is 6.31. The molecule has 3 amide bonds. The largest absolute Gasteiger partial charge is 0.398 e. The number of carbonyl (C=O) groups is 3. The Morgan fingerprint density at radius 2 is 1.80 bits per heavy atom. The summed E-state index contributed by atoms with van der Waals surface area (Å²) in [4.78, 5) is 46.5. The second-order valence-electron chi connectivity index (χ2n) is 9.71. The van der Waals surface area contributed by atoms with E-state index in [0.717, 1.165) is 11.8 Å². The Labute approximate surface area is 259 Å². The fourth-order valence-electron chi connectivity index (χ4n) is 4.71. The number of halogens is 4. The normalized spacial score (nSPS) is 14.5. The molecule has 4 aromatic rings. The quantitative estimate of drug-likeness (QED) is 0.160. The average Bonchev–Trinajstić information content (AvgIpc) is 3.43. The third-order valence-corrected chi connectivity index (χ3v) is 7.20. The van der Waals surface area contributed by atoms with Gasteiger partial charge in [-0.3, -0.25) is 19.3 Å². The van der Waals surface area contributed by atoms with Gasteiger partial charge in [0.2, 0.25) is 17.7 Å². The van der Waals surface area contributed by atoms with Crippen molar-refractivity contribution in [2.24, 2.45) is 4.99 Å². The zero-order chi connectivity index (χ0) is 31.4. The van der Waals surface area contributed by atoms with Gasteiger partial charge in [-0.2, -0.15) is 8.78 Å². The number of nitrogens with zero attached hydrogens (tertiary/aromatic N) is 6. The van der Waals surface area contributed by atoms with Crippen molar-refractivity contribution in [3.8, 4) is 5.69 Å². The minimum Gasteiger partial charge on any atom is -0.398 e. The SMILES string of the molecule is Nc1ccc(NC(=O)C(Cc2ccccc2)N2CC(=O)N(c3cc(Cl)ccc3-n3cc(Cl)nn3)CC2=O)cc1C=NC(F)F. The maximum absolute atomic E-state index is 13.7. The smallest absolute Gasteiger partial charge is 0.331 e. The number of hydrogen-bond donors (Lipinski definition) is 2. The number of aromatic nitrogens is 3. The third-order valence-electron chi connectivity index (χ3n) is 6.79. The molecule has 2 heterocycles. The summed E-state index contributed by atoms with van der Waals surface area (Å²) in [6.45, 7) is -3.73. The van der Waals surface area contributed by atoms with Crippen molar-refractivity contribution >= 4 is 64.2 Å². The minimum atomic E-state index is -2.93. The van der Waals surface area contributed by atoms with Crippen LogP contribution in [-0.4, -0.2) is 69.5 Å². The Kier molecular flexibility index (Phi) is 9.16. The Morgan fingerprint density at radius 3 is 2.50 bits per heavy atom. The first-order valence-corrected chi connectivity index (χ1v) is 13.9. The zero-order valence-electron chi connectivity index (χ0n) is 22.8. The lowest BCUT2D eigenvalue weighted by Crippen LogP contribution is -2.60. The Balaban J connectivity index is 1.43. The summed E-state index contributed by atoms with van der Waals surface area (Å²) in [6, 6.07) is 17.0. The molecule has 11 nitrogen and oxygen atoms in total. The van der Waals surface area contributed by atoms with Crippen LogP contribution in [0.3, 0.4) is 0 Å². The summed E-state index contributed by atoms with van der Waals surface area (Å²) >= 11 is 12.2. The molecule has 0 bridgehead atoms. The molecule has 44 heavy (non-hydrogen) atoms. The van der Waals surface area contributed by atoms with Gasteiger partial charge in [0.25, 0.3) is 0 Å². The van der Waals surface area contributed by atoms with Crippen molar-refractivity contribution in [3.05, 3.63) is 94.2 Å². The molecule has 1 saturated heterocycles. The molecular weight excluding hydrogens is 617 g/mol. The predicted octanol–water partition coefficient (Wildman–Crippen LogP) is 4.22. The molecule has 1 aliphatic rings. The predicted molar refractivity (Wildman–Crippen MR) is 162 cm³/mol. The summed E-state index contributed by atoms with van der Waals surface area (Å²) in [5, 5.41) is 10.9. The van der Waals surface area contributed by atoms with E-state index in [2.05, 4.69) is 20.6 Å². The van der Waals surface area contributed by atoms with Gasteiger partial charge in [-0.25, -0.2) is 9.67 Å². The molecule has 0 spiro atoms. The summed E-state index contributed by atoms with van der Waals surface area (Å²) in [5.41, 5.74) is 7.93. The number of benzene rings is 3. The van der Waals surface area contributed by atoms with Gasteiger partial charge in [0.1, 0.15) is 19.1 Å². The van der Waals surface area contributed by atoms with Crippen LogP contribution in [0, 0.1) is 0 Å². The maximum atomic E-state index is 13.7. The van der Waals surface area contributed by atoms with E-state index in [-0.39, 0.29) is 35.1 Å². The lowest BCUT2D eigenvalue weighted by atomic mass is 10.0. The van der Waals surface area contributed by atoms with Crippen molar-refractivity contribution in [1.82, 2.24) is 19.9 Å². The molecule has 3 aromatic carbocycles. The number of hydrogen-bond acceptors (Lipinski definition) is 7. The fraction of sp³-hybridized carbons (Fsp3) is 0.172. The van der Waals surface area contributed by atoms with E-state index in [1.165, 1.54) is 44.9 Å². The summed E-state index contributed by atoms with van der Waals surface area (Å²) in [6.07, 6.45) is 2.45. The highest BCUT2D eigenvalue weighted by Gasteiger charge is 2.39. The van der Waals surface area contributed by atoms with Crippen molar-refractivity contribution < 1.29 is 23.2 Å². The molecule has 3 N–H and O–H groups in total. The van der Waals surface area contributed by atoms with Crippen LogP contribution < -0.4 is 16.0 Å². The van der Waals surface area contributed by atoms with Gasteiger partial charge in [-0.05, 0) is 42.0 Å². The van der Waals surface area contributed by atoms with E-state index < -0.39 is 36.9 Å². The number of nitrogens with two attached hydrogens (primary N) is 1. The number of piperazine rings is 1. The fourth-order valence-corrected chi connectivity index (χ4v) is 5.01. The van der Waals surface area contributed by atoms with E-state index in [4.69, 9.17) is 28.9 Å².